The van der Waals surface area contributed by atoms with Crippen LogP contribution in [0, 0.1) is 0 Å². The Kier molecular flexibility index (Phi) is 5.64. The normalized spacial score (nSPS) is 12.2. The Morgan fingerprint density at radius 3 is 2.71 bits per heavy atom. The van der Waals surface area contributed by atoms with Crippen molar-refractivity contribution in [1.82, 2.24) is 25.5 Å². The zero-order valence-electron chi connectivity index (χ0n) is 13.9. The van der Waals surface area contributed by atoms with Gasteiger partial charge in [0.15, 0.2) is 0 Å². The van der Waals surface area contributed by atoms with Gasteiger partial charge in [0.1, 0.15) is 5.82 Å². The highest BCUT2D eigenvalue weighted by molar-refractivity contribution is 5.96. The van der Waals surface area contributed by atoms with Crippen LogP contribution >= 0.6 is 0 Å². The number of rotatable bonds is 5. The molecule has 3 N–H and O–H groups in total. The first-order valence-electron chi connectivity index (χ1n) is 7.70. The minimum atomic E-state index is -0.555. The molecule has 0 fully saturated rings. The molecule has 0 radical (unpaired) electrons. The molecule has 2 rings (SSSR count). The predicted octanol–water partition coefficient (Wildman–Crippen LogP) is 0.589. The number of benzene rings is 1. The molecule has 0 bridgehead atoms. The number of hydrogen-bond donors (Lipinski definition) is 3. The number of H-pyrrole nitrogens is 1. The molecule has 3 amide bonds. The second-order valence-electron chi connectivity index (χ2n) is 5.34. The third kappa shape index (κ3) is 3.96. The van der Waals surface area contributed by atoms with Crippen LogP contribution in [0.15, 0.2) is 29.1 Å². The predicted molar refractivity (Wildman–Crippen MR) is 90.5 cm³/mol. The molecule has 1 unspecified atom stereocenters. The molecule has 2 aromatic rings. The highest BCUT2D eigenvalue weighted by atomic mass is 16.2. The van der Waals surface area contributed by atoms with Crippen molar-refractivity contribution in [3.05, 3.63) is 40.4 Å². The number of para-hydroxylation sites is 1. The molecule has 1 atom stereocenters. The lowest BCUT2D eigenvalue weighted by atomic mass is 10.2. The number of amides is 3. The molecule has 0 saturated heterocycles. The van der Waals surface area contributed by atoms with Gasteiger partial charge >= 0.3 is 6.03 Å². The van der Waals surface area contributed by atoms with Gasteiger partial charge in [-0.05, 0) is 25.6 Å². The van der Waals surface area contributed by atoms with Crippen LogP contribution in [0.3, 0.4) is 0 Å². The summed E-state index contributed by atoms with van der Waals surface area (Å²) in [5.41, 5.74) is 0.392. The van der Waals surface area contributed by atoms with E-state index in [1.807, 2.05) is 17.9 Å². The summed E-state index contributed by atoms with van der Waals surface area (Å²) in [6.07, 6.45) is 0. The third-order valence-corrected chi connectivity index (χ3v) is 3.81. The summed E-state index contributed by atoms with van der Waals surface area (Å²) in [4.78, 5) is 44.4. The minimum absolute atomic E-state index is 0.214. The lowest BCUT2D eigenvalue weighted by Crippen LogP contribution is -2.49. The number of carbonyl (C=O) groups is 2. The van der Waals surface area contributed by atoms with E-state index in [0.29, 0.717) is 29.8 Å². The van der Waals surface area contributed by atoms with E-state index in [9.17, 15) is 14.4 Å². The Balaban J connectivity index is 2.19. The average molecular weight is 331 g/mol. The number of hydrogen-bond acceptors (Lipinski definition) is 5. The van der Waals surface area contributed by atoms with E-state index in [4.69, 9.17) is 0 Å². The molecular formula is C16H21N5O3. The summed E-state index contributed by atoms with van der Waals surface area (Å²) >= 11 is 0. The SMILES string of the molecule is CCN(Cc1nc2ccccc2c(=O)[nH]1)C(C)C(=O)NC(=O)NC. The Morgan fingerprint density at radius 1 is 1.33 bits per heavy atom. The van der Waals surface area contributed by atoms with Crippen LogP contribution in [0.2, 0.25) is 0 Å². The summed E-state index contributed by atoms with van der Waals surface area (Å²) in [5.74, 6) is 0.0551. The first-order chi connectivity index (χ1) is 11.5. The number of carbonyl (C=O) groups excluding carboxylic acids is 2. The van der Waals surface area contributed by atoms with E-state index >= 15 is 0 Å². The number of urea groups is 1. The first kappa shape index (κ1) is 17.6. The van der Waals surface area contributed by atoms with Crippen molar-refractivity contribution in [2.75, 3.05) is 13.6 Å². The molecule has 0 spiro atoms. The number of fused-ring (bicyclic) bond motifs is 1. The first-order valence-corrected chi connectivity index (χ1v) is 7.70. The van der Waals surface area contributed by atoms with Crippen molar-refractivity contribution in [2.45, 2.75) is 26.4 Å². The smallest absolute Gasteiger partial charge is 0.321 e. The van der Waals surface area contributed by atoms with Gasteiger partial charge in [-0.25, -0.2) is 9.78 Å². The summed E-state index contributed by atoms with van der Waals surface area (Å²) < 4.78 is 0. The molecule has 8 heteroatoms. The zero-order chi connectivity index (χ0) is 17.7. The molecule has 0 aliphatic carbocycles. The van der Waals surface area contributed by atoms with E-state index in [0.717, 1.165) is 0 Å². The fourth-order valence-corrected chi connectivity index (χ4v) is 2.37. The average Bonchev–Trinajstić information content (AvgIpc) is 2.58. The zero-order valence-corrected chi connectivity index (χ0v) is 13.9. The molecule has 24 heavy (non-hydrogen) atoms. The Bertz CT molecular complexity index is 802. The summed E-state index contributed by atoms with van der Waals surface area (Å²) in [6.45, 7) is 4.43. The molecule has 1 aromatic heterocycles. The maximum Gasteiger partial charge on any atom is 0.321 e. The lowest BCUT2D eigenvalue weighted by molar-refractivity contribution is -0.124. The minimum Gasteiger partial charge on any atom is -0.341 e. The maximum atomic E-state index is 12.1. The molecule has 1 aromatic carbocycles. The second-order valence-corrected chi connectivity index (χ2v) is 5.34. The maximum absolute atomic E-state index is 12.1. The molecule has 0 saturated carbocycles. The molecule has 0 aliphatic rings. The number of likely N-dealkylation sites (N-methyl/N-ethyl adjacent to an activating group) is 1. The van der Waals surface area contributed by atoms with E-state index in [1.165, 1.54) is 7.05 Å². The van der Waals surface area contributed by atoms with Gasteiger partial charge < -0.3 is 10.3 Å². The van der Waals surface area contributed by atoms with Crippen LogP contribution < -0.4 is 16.2 Å². The Hall–Kier alpha value is -2.74. The standard InChI is InChI=1S/C16H21N5O3/c1-4-21(10(2)14(22)20-16(24)17-3)9-13-18-12-8-6-5-7-11(12)15(23)19-13/h5-8,10H,4,9H2,1-3H3,(H,18,19,23)(H2,17,20,22,24). The van der Waals surface area contributed by atoms with Crippen LogP contribution in [-0.2, 0) is 11.3 Å². The number of aromatic amines is 1. The highest BCUT2D eigenvalue weighted by Gasteiger charge is 2.22. The fourth-order valence-electron chi connectivity index (χ4n) is 2.37. The number of nitrogens with one attached hydrogen (secondary N) is 3. The van der Waals surface area contributed by atoms with E-state index < -0.39 is 18.0 Å². The van der Waals surface area contributed by atoms with Crippen LogP contribution in [0.25, 0.3) is 10.9 Å². The second kappa shape index (κ2) is 7.69. The van der Waals surface area contributed by atoms with Gasteiger partial charge in [-0.2, -0.15) is 0 Å². The Morgan fingerprint density at radius 2 is 2.04 bits per heavy atom. The van der Waals surface area contributed by atoms with Crippen LogP contribution in [0.1, 0.15) is 19.7 Å². The number of imide groups is 1. The summed E-state index contributed by atoms with van der Waals surface area (Å²) in [7, 11) is 1.44. The van der Waals surface area contributed by atoms with Gasteiger partial charge in [0, 0.05) is 7.05 Å². The Labute approximate surface area is 139 Å². The van der Waals surface area contributed by atoms with Crippen molar-refractivity contribution in [2.24, 2.45) is 0 Å². The van der Waals surface area contributed by atoms with E-state index in [2.05, 4.69) is 20.6 Å². The van der Waals surface area contributed by atoms with Crippen molar-refractivity contribution in [3.8, 4) is 0 Å². The highest BCUT2D eigenvalue weighted by Crippen LogP contribution is 2.09. The lowest BCUT2D eigenvalue weighted by Gasteiger charge is -2.26. The van der Waals surface area contributed by atoms with Crippen LogP contribution in [0.5, 0.6) is 0 Å². The van der Waals surface area contributed by atoms with Crippen molar-refractivity contribution in [1.29, 1.82) is 0 Å². The molecule has 1 heterocycles. The third-order valence-electron chi connectivity index (χ3n) is 3.81. The largest absolute Gasteiger partial charge is 0.341 e. The van der Waals surface area contributed by atoms with Crippen LogP contribution in [0.4, 0.5) is 4.79 Å². The van der Waals surface area contributed by atoms with Gasteiger partial charge in [-0.1, -0.05) is 19.1 Å². The van der Waals surface area contributed by atoms with Crippen molar-refractivity contribution in [3.63, 3.8) is 0 Å². The quantitative estimate of drug-likeness (QED) is 0.743. The van der Waals surface area contributed by atoms with Crippen molar-refractivity contribution >= 4 is 22.8 Å². The van der Waals surface area contributed by atoms with Crippen molar-refractivity contribution < 1.29 is 9.59 Å². The van der Waals surface area contributed by atoms with Gasteiger partial charge in [-0.3, -0.25) is 19.8 Å². The number of nitrogens with zero attached hydrogens (tertiary/aromatic N) is 2. The van der Waals surface area contributed by atoms with Gasteiger partial charge in [-0.15, -0.1) is 0 Å². The fraction of sp³-hybridized carbons (Fsp3) is 0.375. The van der Waals surface area contributed by atoms with Crippen LogP contribution in [-0.4, -0.2) is 46.4 Å². The van der Waals surface area contributed by atoms with E-state index in [1.54, 1.807) is 25.1 Å². The summed E-state index contributed by atoms with van der Waals surface area (Å²) in [5, 5.41) is 5.11. The van der Waals surface area contributed by atoms with Gasteiger partial charge in [0.25, 0.3) is 5.56 Å². The summed E-state index contributed by atoms with van der Waals surface area (Å²) in [6, 6.07) is 5.97. The topological polar surface area (TPSA) is 107 Å². The monoisotopic (exact) mass is 331 g/mol. The van der Waals surface area contributed by atoms with Gasteiger partial charge in [0.05, 0.1) is 23.5 Å². The molecule has 0 aliphatic heterocycles. The molecule has 8 nitrogen and oxygen atoms in total. The molecular weight excluding hydrogens is 310 g/mol. The van der Waals surface area contributed by atoms with E-state index in [-0.39, 0.29) is 5.56 Å². The van der Waals surface area contributed by atoms with Gasteiger partial charge in [0.2, 0.25) is 5.91 Å². The number of aromatic nitrogens is 2. The molecule has 128 valence electrons.